The van der Waals surface area contributed by atoms with Crippen molar-refractivity contribution in [3.8, 4) is 0 Å². The zero-order chi connectivity index (χ0) is 19.1. The predicted molar refractivity (Wildman–Crippen MR) is 77.5 cm³/mol. The van der Waals surface area contributed by atoms with Crippen LogP contribution in [0.2, 0.25) is 0 Å². The Morgan fingerprint density at radius 1 is 0.920 bits per heavy atom. The lowest BCUT2D eigenvalue weighted by Gasteiger charge is -2.45. The summed E-state index contributed by atoms with van der Waals surface area (Å²) in [7, 11) is 0. The first-order chi connectivity index (χ1) is 11.5. The number of esters is 3. The maximum Gasteiger partial charge on any atom is 0.303 e. The van der Waals surface area contributed by atoms with Crippen LogP contribution < -0.4 is 0 Å². The predicted octanol–water partition coefficient (Wildman–Crippen LogP) is -0.715. The molecule has 0 aromatic carbocycles. The molecule has 138 valence electrons. The van der Waals surface area contributed by atoms with E-state index in [-0.39, 0.29) is 0 Å². The van der Waals surface area contributed by atoms with E-state index in [2.05, 4.69) is 0 Å². The monoisotopic (exact) mass is 357 g/mol. The summed E-state index contributed by atoms with van der Waals surface area (Å²) in [6.45, 7) is 5.82. The van der Waals surface area contributed by atoms with Crippen LogP contribution in [-0.4, -0.2) is 64.8 Å². The molecule has 5 atom stereocenters. The molecule has 2 heterocycles. The van der Waals surface area contributed by atoms with Crippen LogP contribution in [-0.2, 0) is 42.9 Å². The van der Waals surface area contributed by atoms with E-state index in [1.165, 1.54) is 6.92 Å². The molecule has 0 radical (unpaired) electrons. The summed E-state index contributed by atoms with van der Waals surface area (Å²) in [6, 6.07) is 0. The summed E-state index contributed by atoms with van der Waals surface area (Å²) in [5.41, 5.74) is -1.70. The molecule has 2 bridgehead atoms. The summed E-state index contributed by atoms with van der Waals surface area (Å²) in [4.78, 5) is 59.8. The fraction of sp³-hybridized carbons (Fsp3) is 0.667. The standard InChI is InChI=1S/C15H19NO9/c1-6(17)16-14(21)12-10(22-7(2)18)11(23-8(3)19)13(24-9(4)20)15(16,5)25-12/h10-13H,1-5H3/t10-,11-,12+,13-,15-/m0/s1. The molecule has 0 unspecified atom stereocenters. The SMILES string of the molecule is CC(=O)O[C@H]1[C@H](OC(C)=O)[C@H](OC(C)=O)[C@]2(C)O[C@H]1C(=O)N2C(C)=O. The maximum absolute atomic E-state index is 12.6. The Kier molecular flexibility index (Phi) is 4.85. The maximum atomic E-state index is 12.6. The average Bonchev–Trinajstić information content (AvgIpc) is 2.68. The molecule has 0 aliphatic carbocycles. The van der Waals surface area contributed by atoms with Crippen molar-refractivity contribution in [3.63, 3.8) is 0 Å². The molecule has 10 heteroatoms. The Labute approximate surface area is 143 Å². The highest BCUT2D eigenvalue weighted by Crippen LogP contribution is 2.43. The van der Waals surface area contributed by atoms with Gasteiger partial charge in [-0.15, -0.1) is 0 Å². The van der Waals surface area contributed by atoms with Crippen LogP contribution in [0.3, 0.4) is 0 Å². The Morgan fingerprint density at radius 3 is 1.84 bits per heavy atom. The lowest BCUT2D eigenvalue weighted by Crippen LogP contribution is -2.65. The number of carbonyl (C=O) groups excluding carboxylic acids is 5. The van der Waals surface area contributed by atoms with Crippen molar-refractivity contribution >= 4 is 29.7 Å². The van der Waals surface area contributed by atoms with Crippen LogP contribution in [0.4, 0.5) is 0 Å². The first kappa shape index (κ1) is 18.8. The van der Waals surface area contributed by atoms with E-state index in [4.69, 9.17) is 18.9 Å². The van der Waals surface area contributed by atoms with Crippen molar-refractivity contribution in [1.29, 1.82) is 0 Å². The molecule has 0 spiro atoms. The lowest BCUT2D eigenvalue weighted by atomic mass is 9.93. The summed E-state index contributed by atoms with van der Waals surface area (Å²) in [5.74, 6) is -3.68. The zero-order valence-corrected chi connectivity index (χ0v) is 14.4. The third-order valence-electron chi connectivity index (χ3n) is 3.93. The molecule has 2 amide bonds. The van der Waals surface area contributed by atoms with Crippen LogP contribution in [0.25, 0.3) is 0 Å². The first-order valence-corrected chi connectivity index (χ1v) is 7.53. The van der Waals surface area contributed by atoms with Gasteiger partial charge in [0.15, 0.2) is 30.1 Å². The van der Waals surface area contributed by atoms with Gasteiger partial charge in [-0.3, -0.25) is 24.0 Å². The van der Waals surface area contributed by atoms with Crippen molar-refractivity contribution in [1.82, 2.24) is 4.90 Å². The van der Waals surface area contributed by atoms with Gasteiger partial charge in [-0.05, 0) is 6.92 Å². The van der Waals surface area contributed by atoms with Crippen molar-refractivity contribution in [2.75, 3.05) is 0 Å². The van der Waals surface area contributed by atoms with Gasteiger partial charge in [0.1, 0.15) is 0 Å². The Hall–Kier alpha value is -2.49. The van der Waals surface area contributed by atoms with Gasteiger partial charge in [0.2, 0.25) is 5.91 Å². The molecular weight excluding hydrogens is 338 g/mol. The van der Waals surface area contributed by atoms with E-state index in [0.717, 1.165) is 32.6 Å². The van der Waals surface area contributed by atoms with Gasteiger partial charge < -0.3 is 18.9 Å². The minimum absolute atomic E-state index is 0.655. The van der Waals surface area contributed by atoms with E-state index in [0.29, 0.717) is 0 Å². The third-order valence-corrected chi connectivity index (χ3v) is 3.93. The molecule has 2 fully saturated rings. The van der Waals surface area contributed by atoms with Crippen molar-refractivity contribution in [2.24, 2.45) is 0 Å². The second kappa shape index (κ2) is 6.43. The van der Waals surface area contributed by atoms with Gasteiger partial charge >= 0.3 is 17.9 Å². The highest BCUT2D eigenvalue weighted by atomic mass is 16.7. The quantitative estimate of drug-likeness (QED) is 0.475. The van der Waals surface area contributed by atoms with E-state index < -0.39 is 59.9 Å². The molecule has 10 nitrogen and oxygen atoms in total. The fourth-order valence-corrected chi connectivity index (χ4v) is 3.22. The number of hydrogen-bond donors (Lipinski definition) is 0. The molecule has 25 heavy (non-hydrogen) atoms. The van der Waals surface area contributed by atoms with Crippen LogP contribution in [0, 0.1) is 0 Å². The number of hydrogen-bond acceptors (Lipinski definition) is 9. The number of nitrogens with zero attached hydrogens (tertiary/aromatic N) is 1. The van der Waals surface area contributed by atoms with Crippen molar-refractivity contribution in [2.45, 2.75) is 64.8 Å². The Balaban J connectivity index is 2.58. The van der Waals surface area contributed by atoms with Gasteiger partial charge in [0, 0.05) is 27.7 Å². The highest BCUT2D eigenvalue weighted by molar-refractivity contribution is 5.99. The van der Waals surface area contributed by atoms with E-state index in [9.17, 15) is 24.0 Å². The molecule has 0 aromatic rings. The number of ether oxygens (including phenoxy) is 4. The number of fused-ring (bicyclic) bond motifs is 2. The largest absolute Gasteiger partial charge is 0.455 e. The average molecular weight is 357 g/mol. The Bertz CT molecular complexity index is 645. The van der Waals surface area contributed by atoms with Crippen molar-refractivity contribution in [3.05, 3.63) is 0 Å². The molecule has 2 rings (SSSR count). The smallest absolute Gasteiger partial charge is 0.303 e. The number of rotatable bonds is 3. The minimum Gasteiger partial charge on any atom is -0.455 e. The summed E-state index contributed by atoms with van der Waals surface area (Å²) in [6.07, 6.45) is -5.42. The number of amides is 2. The van der Waals surface area contributed by atoms with Gasteiger partial charge in [-0.2, -0.15) is 0 Å². The number of imide groups is 1. The highest BCUT2D eigenvalue weighted by Gasteiger charge is 2.69. The Morgan fingerprint density at radius 2 is 1.40 bits per heavy atom. The van der Waals surface area contributed by atoms with E-state index in [1.807, 2.05) is 0 Å². The molecule has 2 aliphatic rings. The molecular formula is C15H19NO9. The summed E-state index contributed by atoms with van der Waals surface area (Å²) < 4.78 is 21.1. The normalized spacial score (nSPS) is 33.6. The minimum atomic E-state index is -1.70. The van der Waals surface area contributed by atoms with Crippen LogP contribution >= 0.6 is 0 Å². The van der Waals surface area contributed by atoms with Gasteiger partial charge in [0.05, 0.1) is 0 Å². The van der Waals surface area contributed by atoms with E-state index >= 15 is 0 Å². The van der Waals surface area contributed by atoms with Crippen LogP contribution in [0.1, 0.15) is 34.6 Å². The fourth-order valence-electron chi connectivity index (χ4n) is 3.22. The molecule has 2 aliphatic heterocycles. The van der Waals surface area contributed by atoms with E-state index in [1.54, 1.807) is 0 Å². The van der Waals surface area contributed by atoms with Crippen LogP contribution in [0.15, 0.2) is 0 Å². The second-order valence-electron chi connectivity index (χ2n) is 5.96. The summed E-state index contributed by atoms with van der Waals surface area (Å²) in [5, 5.41) is 0. The lowest BCUT2D eigenvalue weighted by molar-refractivity contribution is -0.269. The summed E-state index contributed by atoms with van der Waals surface area (Å²) >= 11 is 0. The van der Waals surface area contributed by atoms with Crippen molar-refractivity contribution < 1.29 is 42.9 Å². The third kappa shape index (κ3) is 3.21. The molecule has 0 aromatic heterocycles. The zero-order valence-electron chi connectivity index (χ0n) is 14.4. The number of carbonyl (C=O) groups is 5. The van der Waals surface area contributed by atoms with Crippen LogP contribution in [0.5, 0.6) is 0 Å². The van der Waals surface area contributed by atoms with Gasteiger partial charge in [0.25, 0.3) is 5.91 Å². The first-order valence-electron chi connectivity index (χ1n) is 7.53. The van der Waals surface area contributed by atoms with Gasteiger partial charge in [-0.1, -0.05) is 0 Å². The van der Waals surface area contributed by atoms with Gasteiger partial charge in [-0.25, -0.2) is 4.90 Å². The molecule has 0 saturated carbocycles. The number of likely N-dealkylation sites (tertiary alicyclic amines) is 1. The second-order valence-corrected chi connectivity index (χ2v) is 5.96. The molecule has 0 N–H and O–H groups in total. The molecule has 2 saturated heterocycles. The topological polar surface area (TPSA) is 126 Å².